The lowest BCUT2D eigenvalue weighted by Gasteiger charge is -2.39. The van der Waals surface area contributed by atoms with Crippen molar-refractivity contribution in [2.75, 3.05) is 13.1 Å². The van der Waals surface area contributed by atoms with Crippen molar-refractivity contribution in [3.63, 3.8) is 0 Å². The van der Waals surface area contributed by atoms with Crippen LogP contribution in [-0.2, 0) is 22.6 Å². The first-order valence-corrected chi connectivity index (χ1v) is 9.81. The van der Waals surface area contributed by atoms with Crippen LogP contribution in [0.1, 0.15) is 17.7 Å². The van der Waals surface area contributed by atoms with Gasteiger partial charge in [-0.1, -0.05) is 42.5 Å². The second-order valence-electron chi connectivity index (χ2n) is 7.23. The predicted molar refractivity (Wildman–Crippen MR) is 111 cm³/mol. The molecule has 1 saturated heterocycles. The van der Waals surface area contributed by atoms with Crippen molar-refractivity contribution in [1.82, 2.24) is 20.2 Å². The lowest BCUT2D eigenvalue weighted by Crippen LogP contribution is -2.61. The molecule has 2 amide bonds. The number of aryl methyl sites for hydroxylation is 1. The largest absolute Gasteiger partial charge is 0.445 e. The molecular weight excluding hydrogens is 384 g/mol. The summed E-state index contributed by atoms with van der Waals surface area (Å²) >= 11 is 0. The first-order chi connectivity index (χ1) is 14.6. The highest BCUT2D eigenvalue weighted by Gasteiger charge is 2.31. The van der Waals surface area contributed by atoms with Crippen molar-refractivity contribution in [3.05, 3.63) is 76.2 Å². The molecule has 8 heteroatoms. The number of carbonyl (C=O) groups is 2. The highest BCUT2D eigenvalue weighted by atomic mass is 16.5. The van der Waals surface area contributed by atoms with Crippen LogP contribution in [-0.4, -0.2) is 46.0 Å². The van der Waals surface area contributed by atoms with Crippen LogP contribution in [0.2, 0.25) is 0 Å². The molecule has 0 spiro atoms. The number of rotatable bonds is 6. The summed E-state index contributed by atoms with van der Waals surface area (Å²) in [7, 11) is 0. The minimum atomic E-state index is -0.497. The van der Waals surface area contributed by atoms with Gasteiger partial charge >= 0.3 is 6.09 Å². The highest BCUT2D eigenvalue weighted by Crippen LogP contribution is 2.12. The Labute approximate surface area is 172 Å². The average molecular weight is 406 g/mol. The molecule has 0 radical (unpaired) electrons. The zero-order valence-electron chi connectivity index (χ0n) is 16.3. The van der Waals surface area contributed by atoms with Crippen LogP contribution >= 0.6 is 0 Å². The molecule has 3 aromatic rings. The smallest absolute Gasteiger partial charge is 0.407 e. The third-order valence-electron chi connectivity index (χ3n) is 5.01. The Hall–Kier alpha value is -3.68. The van der Waals surface area contributed by atoms with Crippen molar-refractivity contribution in [1.29, 1.82) is 0 Å². The number of hydrogen-bond donors (Lipinski definition) is 2. The van der Waals surface area contributed by atoms with Crippen molar-refractivity contribution in [3.8, 4) is 0 Å². The van der Waals surface area contributed by atoms with Crippen LogP contribution in [0, 0.1) is 0 Å². The molecule has 2 aromatic carbocycles. The molecule has 0 saturated carbocycles. The van der Waals surface area contributed by atoms with Gasteiger partial charge in [0.1, 0.15) is 12.3 Å². The molecule has 1 aliphatic rings. The van der Waals surface area contributed by atoms with E-state index in [-0.39, 0.29) is 37.0 Å². The number of nitrogens with zero attached hydrogens (tertiary/aromatic N) is 2. The number of aromatic amines is 1. The van der Waals surface area contributed by atoms with Gasteiger partial charge in [0.05, 0.1) is 17.1 Å². The lowest BCUT2D eigenvalue weighted by atomic mass is 10.1. The topological polar surface area (TPSA) is 104 Å². The van der Waals surface area contributed by atoms with Gasteiger partial charge < -0.3 is 19.9 Å². The Bertz CT molecular complexity index is 1110. The number of benzene rings is 2. The van der Waals surface area contributed by atoms with E-state index in [1.165, 1.54) is 0 Å². The summed E-state index contributed by atoms with van der Waals surface area (Å²) in [6.07, 6.45) is -0.0328. The van der Waals surface area contributed by atoms with Crippen LogP contribution in [0.3, 0.4) is 0 Å². The average Bonchev–Trinajstić information content (AvgIpc) is 2.73. The fourth-order valence-corrected chi connectivity index (χ4v) is 3.33. The van der Waals surface area contributed by atoms with E-state index in [4.69, 9.17) is 4.74 Å². The molecule has 4 rings (SSSR count). The predicted octanol–water partition coefficient (Wildman–Crippen LogP) is 1.99. The quantitative estimate of drug-likeness (QED) is 0.652. The zero-order chi connectivity index (χ0) is 20.9. The van der Waals surface area contributed by atoms with E-state index in [1.807, 2.05) is 48.5 Å². The number of fused-ring (bicyclic) bond motifs is 1. The molecule has 2 N–H and O–H groups in total. The summed E-state index contributed by atoms with van der Waals surface area (Å²) in [5, 5.41) is 2.75. The number of hydrogen-bond acceptors (Lipinski definition) is 5. The van der Waals surface area contributed by atoms with E-state index in [9.17, 15) is 14.4 Å². The maximum Gasteiger partial charge on any atom is 0.407 e. The van der Waals surface area contributed by atoms with Gasteiger partial charge in [0, 0.05) is 25.9 Å². The number of H-pyrrole nitrogens is 1. The summed E-state index contributed by atoms with van der Waals surface area (Å²) in [5.41, 5.74) is 2.36. The monoisotopic (exact) mass is 406 g/mol. The number of ether oxygens (including phenoxy) is 1. The number of aromatic nitrogens is 2. The summed E-state index contributed by atoms with van der Waals surface area (Å²) in [6.45, 7) is 1.07. The fourth-order valence-electron chi connectivity index (χ4n) is 3.33. The summed E-state index contributed by atoms with van der Waals surface area (Å²) in [5.74, 6) is -0.0694. The van der Waals surface area contributed by atoms with Crippen molar-refractivity contribution in [2.45, 2.75) is 25.5 Å². The van der Waals surface area contributed by atoms with Crippen molar-refractivity contribution >= 4 is 23.0 Å². The molecule has 0 aliphatic carbocycles. The fraction of sp³-hybridized carbons (Fsp3) is 0.273. The normalized spacial score (nSPS) is 13.7. The zero-order valence-corrected chi connectivity index (χ0v) is 16.3. The molecule has 0 atom stereocenters. The minimum absolute atomic E-state index is 0.0694. The van der Waals surface area contributed by atoms with E-state index < -0.39 is 6.09 Å². The second-order valence-corrected chi connectivity index (χ2v) is 7.23. The number of carbonyl (C=O) groups excluding carboxylic acids is 2. The molecule has 0 bridgehead atoms. The maximum atomic E-state index is 12.4. The van der Waals surface area contributed by atoms with Gasteiger partial charge in [0.2, 0.25) is 5.91 Å². The first kappa shape index (κ1) is 19.6. The molecule has 2 heterocycles. The number of alkyl carbamates (subject to hydrolysis) is 1. The first-order valence-electron chi connectivity index (χ1n) is 9.81. The maximum absolute atomic E-state index is 12.4. The Balaban J connectivity index is 1.20. The molecule has 0 unspecified atom stereocenters. The van der Waals surface area contributed by atoms with Gasteiger partial charge in [-0.05, 0) is 17.7 Å². The third kappa shape index (κ3) is 4.65. The molecule has 30 heavy (non-hydrogen) atoms. The Kier molecular flexibility index (Phi) is 5.74. The van der Waals surface area contributed by atoms with E-state index in [0.29, 0.717) is 29.8 Å². The molecule has 154 valence electrons. The van der Waals surface area contributed by atoms with Crippen LogP contribution in [0.25, 0.3) is 11.0 Å². The van der Waals surface area contributed by atoms with E-state index >= 15 is 0 Å². The number of amides is 2. The van der Waals surface area contributed by atoms with Crippen molar-refractivity contribution < 1.29 is 14.3 Å². The molecule has 8 nitrogen and oxygen atoms in total. The molecular formula is C22H22N4O4. The number of nitrogens with one attached hydrogen (secondary N) is 2. The van der Waals surface area contributed by atoms with Gasteiger partial charge in [-0.3, -0.25) is 9.59 Å². The van der Waals surface area contributed by atoms with Gasteiger partial charge in [0.15, 0.2) is 0 Å². The van der Waals surface area contributed by atoms with Gasteiger partial charge in [0.25, 0.3) is 5.56 Å². The minimum Gasteiger partial charge on any atom is -0.445 e. The molecule has 1 aromatic heterocycles. The second kappa shape index (κ2) is 8.77. The van der Waals surface area contributed by atoms with Crippen LogP contribution in [0.4, 0.5) is 4.79 Å². The van der Waals surface area contributed by atoms with Crippen LogP contribution < -0.4 is 10.9 Å². The Morgan fingerprint density at radius 1 is 1.10 bits per heavy atom. The van der Waals surface area contributed by atoms with Gasteiger partial charge in [-0.15, -0.1) is 0 Å². The standard InChI is InChI=1S/C22H22N4O4/c27-20(11-10-19-21(28)25-18-9-5-4-8-17(18)24-19)26-12-16(13-26)23-22(29)30-14-15-6-2-1-3-7-15/h1-9,16H,10-14H2,(H,23,29)(H,25,28). The summed E-state index contributed by atoms with van der Waals surface area (Å²) < 4.78 is 5.18. The van der Waals surface area contributed by atoms with E-state index in [0.717, 1.165) is 5.56 Å². The number of para-hydroxylation sites is 2. The van der Waals surface area contributed by atoms with Gasteiger partial charge in [-0.2, -0.15) is 0 Å². The van der Waals surface area contributed by atoms with Gasteiger partial charge in [-0.25, -0.2) is 9.78 Å². The molecule has 1 aliphatic heterocycles. The summed E-state index contributed by atoms with van der Waals surface area (Å²) in [6, 6.07) is 16.6. The third-order valence-corrected chi connectivity index (χ3v) is 5.01. The van der Waals surface area contributed by atoms with E-state index in [2.05, 4.69) is 15.3 Å². The van der Waals surface area contributed by atoms with Crippen LogP contribution in [0.5, 0.6) is 0 Å². The lowest BCUT2D eigenvalue weighted by molar-refractivity contribution is -0.135. The van der Waals surface area contributed by atoms with Crippen LogP contribution in [0.15, 0.2) is 59.4 Å². The summed E-state index contributed by atoms with van der Waals surface area (Å²) in [4.78, 5) is 45.2. The Morgan fingerprint density at radius 2 is 1.83 bits per heavy atom. The van der Waals surface area contributed by atoms with Crippen molar-refractivity contribution in [2.24, 2.45) is 0 Å². The number of likely N-dealkylation sites (tertiary alicyclic amines) is 1. The SMILES string of the molecule is O=C(NC1CN(C(=O)CCc2nc3ccccc3[nH]c2=O)C1)OCc1ccccc1. The molecule has 1 fully saturated rings. The van der Waals surface area contributed by atoms with E-state index in [1.54, 1.807) is 11.0 Å². The Morgan fingerprint density at radius 3 is 2.63 bits per heavy atom. The highest BCUT2D eigenvalue weighted by molar-refractivity contribution is 5.78.